The van der Waals surface area contributed by atoms with E-state index in [0.29, 0.717) is 33.1 Å². The maximum Gasteiger partial charge on any atom is 0.151 e. The topological polar surface area (TPSA) is 89.8 Å². The zero-order valence-corrected chi connectivity index (χ0v) is 23.3. The number of nitrogens with zero attached hydrogens (tertiary/aromatic N) is 7. The Kier molecular flexibility index (Phi) is 5.07. The van der Waals surface area contributed by atoms with Crippen molar-refractivity contribution in [2.75, 3.05) is 4.90 Å². The fourth-order valence-corrected chi connectivity index (χ4v) is 6.61. The Morgan fingerprint density at radius 1 is 0.452 bits per heavy atom. The van der Waals surface area contributed by atoms with Crippen molar-refractivity contribution in [1.29, 1.82) is 0 Å². The minimum Gasteiger partial charge on any atom is -0.453 e. The number of anilines is 3. The maximum absolute atomic E-state index is 6.20. The molecular formula is C32H17N7OS2. The highest BCUT2D eigenvalue weighted by molar-refractivity contribution is 7.01. The highest BCUT2D eigenvalue weighted by atomic mass is 32.1. The third-order valence-electron chi connectivity index (χ3n) is 7.42. The second-order valence-corrected chi connectivity index (χ2v) is 10.9. The summed E-state index contributed by atoms with van der Waals surface area (Å²) in [5.41, 5.74) is 10.6. The predicted octanol–water partition coefficient (Wildman–Crippen LogP) is 8.55. The Morgan fingerprint density at radius 2 is 0.905 bits per heavy atom. The molecule has 10 heteroatoms. The number of rotatable bonds is 3. The summed E-state index contributed by atoms with van der Waals surface area (Å²) in [7, 11) is 0. The van der Waals surface area contributed by atoms with Crippen molar-refractivity contribution in [1.82, 2.24) is 27.5 Å². The van der Waals surface area contributed by atoms with E-state index in [9.17, 15) is 0 Å². The molecule has 5 aromatic carbocycles. The van der Waals surface area contributed by atoms with Gasteiger partial charge in [0.1, 0.15) is 33.1 Å². The summed E-state index contributed by atoms with van der Waals surface area (Å²) < 4.78 is 24.3. The highest BCUT2D eigenvalue weighted by Crippen LogP contribution is 2.50. The quantitative estimate of drug-likeness (QED) is 0.206. The van der Waals surface area contributed by atoms with Gasteiger partial charge in [0.15, 0.2) is 11.5 Å². The first kappa shape index (κ1) is 23.4. The third-order valence-corrected chi connectivity index (χ3v) is 8.48. The standard InChI is InChI=1S/C32H17N7OS2/c1-2-8-18(9-3-1)25-26(34-28-27(33-25)29-31(37-41-35-29)32-30(28)36-42-38-32)19-14-16-20(17-15-19)39-21-10-4-6-12-23(21)40-24-13-7-5-11-22(24)39/h1-17H. The van der Waals surface area contributed by atoms with Crippen LogP contribution in [0.3, 0.4) is 0 Å². The minimum absolute atomic E-state index is 0.675. The van der Waals surface area contributed by atoms with Crippen molar-refractivity contribution < 1.29 is 4.74 Å². The number of benzene rings is 5. The van der Waals surface area contributed by atoms with Crippen LogP contribution in [0.25, 0.3) is 55.6 Å². The van der Waals surface area contributed by atoms with Gasteiger partial charge in [-0.15, -0.1) is 0 Å². The van der Waals surface area contributed by atoms with Gasteiger partial charge in [0.25, 0.3) is 0 Å². The van der Waals surface area contributed by atoms with E-state index in [0.717, 1.165) is 74.5 Å². The van der Waals surface area contributed by atoms with Crippen molar-refractivity contribution in [2.45, 2.75) is 0 Å². The Balaban J connectivity index is 1.25. The molecule has 8 aromatic rings. The van der Waals surface area contributed by atoms with Gasteiger partial charge >= 0.3 is 0 Å². The van der Waals surface area contributed by atoms with Crippen LogP contribution in [0.4, 0.5) is 17.1 Å². The van der Waals surface area contributed by atoms with E-state index in [1.54, 1.807) is 0 Å². The Labute approximate surface area is 247 Å². The lowest BCUT2D eigenvalue weighted by atomic mass is 10.0. The monoisotopic (exact) mass is 579 g/mol. The van der Waals surface area contributed by atoms with Gasteiger partial charge in [-0.3, -0.25) is 0 Å². The van der Waals surface area contributed by atoms with Crippen LogP contribution in [0.5, 0.6) is 11.5 Å². The second-order valence-electron chi connectivity index (χ2n) is 9.83. The number of para-hydroxylation sites is 4. The molecule has 3 aromatic heterocycles. The van der Waals surface area contributed by atoms with Crippen LogP contribution in [0, 0.1) is 0 Å². The third kappa shape index (κ3) is 3.46. The first-order valence-corrected chi connectivity index (χ1v) is 14.7. The molecule has 0 amide bonds. The molecule has 0 spiro atoms. The molecule has 0 unspecified atom stereocenters. The number of ether oxygens (including phenoxy) is 1. The summed E-state index contributed by atoms with van der Waals surface area (Å²) in [6, 6.07) is 34.7. The van der Waals surface area contributed by atoms with Crippen molar-refractivity contribution in [3.63, 3.8) is 0 Å². The van der Waals surface area contributed by atoms with Gasteiger partial charge in [0.05, 0.1) is 46.2 Å². The molecule has 0 bridgehead atoms. The predicted molar refractivity (Wildman–Crippen MR) is 167 cm³/mol. The first-order chi connectivity index (χ1) is 20.8. The molecule has 0 radical (unpaired) electrons. The normalized spacial score (nSPS) is 12.4. The van der Waals surface area contributed by atoms with E-state index in [1.807, 2.05) is 54.6 Å². The number of fused-ring (bicyclic) bond motifs is 8. The van der Waals surface area contributed by atoms with Gasteiger partial charge < -0.3 is 9.64 Å². The molecule has 0 N–H and O–H groups in total. The molecule has 8 nitrogen and oxygen atoms in total. The second kappa shape index (κ2) is 9.10. The molecule has 0 saturated carbocycles. The summed E-state index contributed by atoms with van der Waals surface area (Å²) >= 11 is 2.30. The molecular weight excluding hydrogens is 563 g/mol. The molecule has 1 aliphatic heterocycles. The number of aromatic nitrogens is 6. The van der Waals surface area contributed by atoms with Gasteiger partial charge in [-0.1, -0.05) is 66.7 Å². The SMILES string of the molecule is c1ccc(-c2nc3c4nsnc4c4nsnc4c3nc2-c2ccc(N3c4ccccc4Oc4ccccc43)cc2)cc1. The summed E-state index contributed by atoms with van der Waals surface area (Å²) in [5, 5.41) is 0. The van der Waals surface area contributed by atoms with Crippen LogP contribution < -0.4 is 9.64 Å². The van der Waals surface area contributed by atoms with E-state index >= 15 is 0 Å². The fourth-order valence-electron chi connectivity index (χ4n) is 5.51. The van der Waals surface area contributed by atoms with E-state index in [4.69, 9.17) is 14.7 Å². The summed E-state index contributed by atoms with van der Waals surface area (Å²) in [5.74, 6) is 1.63. The fraction of sp³-hybridized carbons (Fsp3) is 0. The lowest BCUT2D eigenvalue weighted by Crippen LogP contribution is -2.15. The smallest absolute Gasteiger partial charge is 0.151 e. The maximum atomic E-state index is 6.20. The summed E-state index contributed by atoms with van der Waals surface area (Å²) in [6.45, 7) is 0. The van der Waals surface area contributed by atoms with Crippen molar-refractivity contribution >= 4 is 73.6 Å². The molecule has 9 rings (SSSR count). The molecule has 0 fully saturated rings. The van der Waals surface area contributed by atoms with Crippen molar-refractivity contribution in [2.24, 2.45) is 0 Å². The molecule has 4 heterocycles. The zero-order valence-electron chi connectivity index (χ0n) is 21.7. The number of hydrogen-bond donors (Lipinski definition) is 0. The van der Waals surface area contributed by atoms with E-state index in [1.165, 1.54) is 0 Å². The average molecular weight is 580 g/mol. The lowest BCUT2D eigenvalue weighted by Gasteiger charge is -2.32. The Bertz CT molecular complexity index is 2250. The van der Waals surface area contributed by atoms with E-state index in [2.05, 4.69) is 70.9 Å². The van der Waals surface area contributed by atoms with Gasteiger partial charge in [-0.05, 0) is 36.4 Å². The van der Waals surface area contributed by atoms with Gasteiger partial charge in [0.2, 0.25) is 0 Å². The highest BCUT2D eigenvalue weighted by Gasteiger charge is 2.26. The van der Waals surface area contributed by atoms with Crippen LogP contribution in [0.15, 0.2) is 103 Å². The molecule has 0 atom stereocenters. The van der Waals surface area contributed by atoms with Crippen LogP contribution in [0.2, 0.25) is 0 Å². The van der Waals surface area contributed by atoms with Gasteiger partial charge in [0, 0.05) is 16.8 Å². The van der Waals surface area contributed by atoms with Crippen molar-refractivity contribution in [3.05, 3.63) is 103 Å². The lowest BCUT2D eigenvalue weighted by molar-refractivity contribution is 0.477. The first-order valence-electron chi connectivity index (χ1n) is 13.2. The van der Waals surface area contributed by atoms with Crippen LogP contribution in [-0.4, -0.2) is 27.5 Å². The van der Waals surface area contributed by atoms with Crippen molar-refractivity contribution in [3.8, 4) is 34.0 Å². The molecule has 0 aliphatic carbocycles. The van der Waals surface area contributed by atoms with Crippen LogP contribution in [-0.2, 0) is 0 Å². The zero-order chi connectivity index (χ0) is 27.6. The molecule has 42 heavy (non-hydrogen) atoms. The summed E-state index contributed by atoms with van der Waals surface area (Å²) in [4.78, 5) is 12.6. The van der Waals surface area contributed by atoms with E-state index < -0.39 is 0 Å². The van der Waals surface area contributed by atoms with Gasteiger partial charge in [-0.2, -0.15) is 17.5 Å². The molecule has 1 aliphatic rings. The molecule has 198 valence electrons. The van der Waals surface area contributed by atoms with Crippen LogP contribution in [0.1, 0.15) is 0 Å². The van der Waals surface area contributed by atoms with Gasteiger partial charge in [-0.25, -0.2) is 9.97 Å². The number of hydrogen-bond acceptors (Lipinski definition) is 10. The average Bonchev–Trinajstić information content (AvgIpc) is 3.74. The Hall–Kier alpha value is -5.32. The van der Waals surface area contributed by atoms with E-state index in [-0.39, 0.29) is 0 Å². The van der Waals surface area contributed by atoms with Crippen LogP contribution >= 0.6 is 23.5 Å². The minimum atomic E-state index is 0.675. The Morgan fingerprint density at radius 3 is 1.45 bits per heavy atom. The summed E-state index contributed by atoms with van der Waals surface area (Å²) in [6.07, 6.45) is 0. The largest absolute Gasteiger partial charge is 0.453 e. The molecule has 0 saturated heterocycles.